The van der Waals surface area contributed by atoms with Crippen LogP contribution in [0.15, 0.2) is 17.7 Å². The number of carbonyl (C=O) groups excluding carboxylic acids is 3. The number of phenolic OH excluding ortho intramolecular Hbond substituents is 1. The lowest BCUT2D eigenvalue weighted by molar-refractivity contribution is -0.184. The van der Waals surface area contributed by atoms with Crippen LogP contribution in [0.4, 0.5) is 5.69 Å². The van der Waals surface area contributed by atoms with Gasteiger partial charge in [0, 0.05) is 23.2 Å². The number of nitrogens with zero attached hydrogens (tertiary/aromatic N) is 1. The van der Waals surface area contributed by atoms with Gasteiger partial charge >= 0.3 is 0 Å². The molecule has 0 spiro atoms. The van der Waals surface area contributed by atoms with Gasteiger partial charge in [-0.1, -0.05) is 0 Å². The standard InChI is InChI=1S/C21H25N3O7/c1-24(2)15-9-6-7-5-8-10(22)3-4-11(25)13(8)16(26)12(7)18(28)21(9,31)19(29)14(17(15)27)20(23)30/h3-4,7,9,14-15,17,25-27,31H,5-6,22H2,1-2H3,(H2,23,30)/t7?,9?,14?,15-,17?,21-/m0/s1. The highest BCUT2D eigenvalue weighted by molar-refractivity contribution is 6.25. The average molecular weight is 431 g/mol. The van der Waals surface area contributed by atoms with Gasteiger partial charge in [0.05, 0.1) is 11.7 Å². The Morgan fingerprint density at radius 1 is 1.23 bits per heavy atom. The van der Waals surface area contributed by atoms with Crippen LogP contribution >= 0.6 is 0 Å². The third kappa shape index (κ3) is 2.65. The zero-order valence-electron chi connectivity index (χ0n) is 17.1. The van der Waals surface area contributed by atoms with Gasteiger partial charge in [0.15, 0.2) is 11.4 Å². The minimum atomic E-state index is -2.65. The summed E-state index contributed by atoms with van der Waals surface area (Å²) in [7, 11) is 3.20. The summed E-state index contributed by atoms with van der Waals surface area (Å²) in [6.45, 7) is 0. The first-order valence-corrected chi connectivity index (χ1v) is 9.92. The van der Waals surface area contributed by atoms with Gasteiger partial charge in [-0.25, -0.2) is 0 Å². The molecule has 4 unspecified atom stereocenters. The minimum absolute atomic E-state index is 0.0134. The zero-order chi connectivity index (χ0) is 23.0. The van der Waals surface area contributed by atoms with Crippen LogP contribution in [0.3, 0.4) is 0 Å². The molecule has 0 aliphatic heterocycles. The number of amides is 1. The molecule has 2 fully saturated rings. The molecular weight excluding hydrogens is 406 g/mol. The smallest absolute Gasteiger partial charge is 0.230 e. The van der Waals surface area contributed by atoms with Crippen molar-refractivity contribution in [3.8, 4) is 5.75 Å². The minimum Gasteiger partial charge on any atom is -0.507 e. The SMILES string of the molecule is CN(C)[C@@H]1C(O)C(C(N)=O)C(=O)[C@@]2(O)C(=O)C3=C(O)c4c(O)ccc(N)c4CC3CC12. The molecule has 6 atom stereocenters. The van der Waals surface area contributed by atoms with Crippen LogP contribution in [0.25, 0.3) is 5.76 Å². The summed E-state index contributed by atoms with van der Waals surface area (Å²) in [5, 5.41) is 43.3. The van der Waals surface area contributed by atoms with Crippen LogP contribution in [0.5, 0.6) is 5.75 Å². The molecule has 3 aliphatic rings. The predicted molar refractivity (Wildman–Crippen MR) is 108 cm³/mol. The number of hydrogen-bond acceptors (Lipinski definition) is 9. The Bertz CT molecular complexity index is 1050. The number of nitrogen functional groups attached to an aromatic ring is 1. The third-order valence-corrected chi connectivity index (χ3v) is 7.01. The number of Topliss-reactive ketones (excluding diaryl/α,β-unsaturated/α-hetero) is 2. The summed E-state index contributed by atoms with van der Waals surface area (Å²) in [4.78, 5) is 40.2. The Balaban J connectivity index is 1.93. The van der Waals surface area contributed by atoms with Crippen molar-refractivity contribution >= 4 is 28.9 Å². The molecule has 8 N–H and O–H groups in total. The Morgan fingerprint density at radius 3 is 2.45 bits per heavy atom. The second kappa shape index (κ2) is 6.78. The highest BCUT2D eigenvalue weighted by Gasteiger charge is 2.67. The van der Waals surface area contributed by atoms with Crippen molar-refractivity contribution in [2.24, 2.45) is 23.5 Å². The number of fused-ring (bicyclic) bond motifs is 3. The molecule has 2 saturated carbocycles. The van der Waals surface area contributed by atoms with Gasteiger partial charge in [0.25, 0.3) is 0 Å². The number of primary amides is 1. The Morgan fingerprint density at radius 2 is 1.87 bits per heavy atom. The highest BCUT2D eigenvalue weighted by atomic mass is 16.3. The molecule has 0 saturated heterocycles. The van der Waals surface area contributed by atoms with Crippen LogP contribution in [0.2, 0.25) is 0 Å². The molecule has 0 heterocycles. The van der Waals surface area contributed by atoms with Crippen LogP contribution in [-0.2, 0) is 20.8 Å². The quantitative estimate of drug-likeness (QED) is 0.188. The summed E-state index contributed by atoms with van der Waals surface area (Å²) < 4.78 is 0. The maximum absolute atomic E-state index is 13.5. The van der Waals surface area contributed by atoms with Crippen molar-refractivity contribution in [1.29, 1.82) is 0 Å². The molecule has 1 amide bonds. The maximum Gasteiger partial charge on any atom is 0.230 e. The lowest BCUT2D eigenvalue weighted by atomic mass is 9.54. The van der Waals surface area contributed by atoms with Crippen molar-refractivity contribution in [2.75, 3.05) is 19.8 Å². The van der Waals surface area contributed by atoms with Crippen molar-refractivity contribution in [1.82, 2.24) is 4.90 Å². The normalized spacial score (nSPS) is 34.9. The second-order valence-corrected chi connectivity index (χ2v) is 8.82. The Kier molecular flexibility index (Phi) is 4.65. The van der Waals surface area contributed by atoms with Crippen molar-refractivity contribution in [3.63, 3.8) is 0 Å². The molecule has 166 valence electrons. The molecule has 0 radical (unpaired) electrons. The van der Waals surface area contributed by atoms with E-state index in [9.17, 15) is 34.8 Å². The summed E-state index contributed by atoms with van der Waals surface area (Å²) in [6, 6.07) is 1.85. The van der Waals surface area contributed by atoms with E-state index in [4.69, 9.17) is 11.5 Å². The molecule has 31 heavy (non-hydrogen) atoms. The lowest BCUT2D eigenvalue weighted by Crippen LogP contribution is -2.73. The number of aromatic hydroxyl groups is 1. The first kappa shape index (κ1) is 21.3. The third-order valence-electron chi connectivity index (χ3n) is 7.01. The second-order valence-electron chi connectivity index (χ2n) is 8.82. The molecule has 0 bridgehead atoms. The fraction of sp³-hybridized carbons (Fsp3) is 0.476. The number of aliphatic hydroxyl groups is 3. The van der Waals surface area contributed by atoms with Gasteiger partial charge < -0.3 is 36.8 Å². The number of anilines is 1. The van der Waals surface area contributed by atoms with Crippen molar-refractivity contribution < 1.29 is 34.8 Å². The van der Waals surface area contributed by atoms with E-state index >= 15 is 0 Å². The van der Waals surface area contributed by atoms with E-state index in [-0.39, 0.29) is 29.7 Å². The van der Waals surface area contributed by atoms with Gasteiger partial charge in [0.1, 0.15) is 17.4 Å². The molecule has 0 aromatic heterocycles. The number of aliphatic hydroxyl groups excluding tert-OH is 2. The largest absolute Gasteiger partial charge is 0.507 e. The fourth-order valence-corrected chi connectivity index (χ4v) is 5.63. The number of rotatable bonds is 2. The predicted octanol–water partition coefficient (Wildman–Crippen LogP) is -1.29. The highest BCUT2D eigenvalue weighted by Crippen LogP contribution is 2.52. The topological polar surface area (TPSA) is 187 Å². The molecule has 3 aliphatic carbocycles. The lowest BCUT2D eigenvalue weighted by Gasteiger charge is -2.53. The summed E-state index contributed by atoms with van der Waals surface area (Å²) in [5.41, 5.74) is 9.27. The summed E-state index contributed by atoms with van der Waals surface area (Å²) >= 11 is 0. The number of nitrogens with two attached hydrogens (primary N) is 2. The van der Waals surface area contributed by atoms with Gasteiger partial charge in [-0.05, 0) is 50.6 Å². The van der Waals surface area contributed by atoms with Gasteiger partial charge in [-0.15, -0.1) is 0 Å². The average Bonchev–Trinajstić information content (AvgIpc) is 2.67. The van der Waals surface area contributed by atoms with Gasteiger partial charge in [-0.3, -0.25) is 14.4 Å². The monoisotopic (exact) mass is 431 g/mol. The van der Waals surface area contributed by atoms with E-state index in [1.54, 1.807) is 19.0 Å². The van der Waals surface area contributed by atoms with Crippen LogP contribution in [0.1, 0.15) is 17.5 Å². The van der Waals surface area contributed by atoms with E-state index in [2.05, 4.69) is 0 Å². The van der Waals surface area contributed by atoms with Crippen LogP contribution < -0.4 is 11.5 Å². The van der Waals surface area contributed by atoms with E-state index in [1.165, 1.54) is 12.1 Å². The zero-order valence-corrected chi connectivity index (χ0v) is 17.1. The van der Waals surface area contributed by atoms with E-state index in [0.29, 0.717) is 11.3 Å². The van der Waals surface area contributed by atoms with E-state index in [1.807, 2.05) is 0 Å². The van der Waals surface area contributed by atoms with Crippen LogP contribution in [-0.4, -0.2) is 74.6 Å². The maximum atomic E-state index is 13.5. The molecular formula is C21H25N3O7. The number of carbonyl (C=O) groups is 3. The molecule has 10 nitrogen and oxygen atoms in total. The number of hydrogen-bond donors (Lipinski definition) is 6. The molecule has 4 rings (SSSR count). The summed E-state index contributed by atoms with van der Waals surface area (Å²) in [5.74, 6) is -7.65. The van der Waals surface area contributed by atoms with Crippen molar-refractivity contribution in [3.05, 3.63) is 28.8 Å². The van der Waals surface area contributed by atoms with Crippen molar-refractivity contribution in [2.45, 2.75) is 30.6 Å². The first-order valence-electron chi connectivity index (χ1n) is 9.92. The molecule has 1 aromatic carbocycles. The number of benzene rings is 1. The molecule has 1 aromatic rings. The van der Waals surface area contributed by atoms with Gasteiger partial charge in [0.2, 0.25) is 11.7 Å². The number of likely N-dealkylation sites (N-methyl/N-ethyl adjacent to an activating group) is 1. The Labute approximate surface area is 177 Å². The van der Waals surface area contributed by atoms with E-state index < -0.39 is 58.7 Å². The number of phenols is 1. The fourth-order valence-electron chi connectivity index (χ4n) is 5.63. The first-order chi connectivity index (χ1) is 14.4. The number of ketones is 2. The van der Waals surface area contributed by atoms with E-state index in [0.717, 1.165) is 0 Å². The van der Waals surface area contributed by atoms with Gasteiger partial charge in [-0.2, -0.15) is 0 Å². The van der Waals surface area contributed by atoms with Crippen LogP contribution in [0, 0.1) is 17.8 Å². The summed E-state index contributed by atoms with van der Waals surface area (Å²) in [6.07, 6.45) is -1.26. The Hall–Kier alpha value is -2.95. The molecule has 10 heteroatoms.